The first-order valence-corrected chi connectivity index (χ1v) is 17.0. The molecule has 5 heterocycles. The number of H-pyrrole nitrogens is 2. The van der Waals surface area contributed by atoms with Crippen molar-refractivity contribution in [1.82, 2.24) is 45.0 Å². The minimum absolute atomic E-state index is 0.0718. The fraction of sp³-hybridized carbons (Fsp3) is 0.529. The topological polar surface area (TPSA) is 152 Å². The molecule has 13 nitrogen and oxygen atoms in total. The van der Waals surface area contributed by atoms with E-state index in [1.54, 1.807) is 29.2 Å². The van der Waals surface area contributed by atoms with Crippen LogP contribution in [0.3, 0.4) is 0 Å². The van der Waals surface area contributed by atoms with Crippen LogP contribution in [-0.2, 0) is 11.2 Å². The Kier molecular flexibility index (Phi) is 8.80. The van der Waals surface area contributed by atoms with E-state index < -0.39 is 11.7 Å². The molecule has 7 rings (SSSR count). The molecular formula is C34H43N9O4. The lowest BCUT2D eigenvalue weighted by Gasteiger charge is -2.41. The highest BCUT2D eigenvalue weighted by atomic mass is 16.2. The third kappa shape index (κ3) is 6.40. The average Bonchev–Trinajstić information content (AvgIpc) is 3.58. The molecule has 3 saturated heterocycles. The Morgan fingerprint density at radius 2 is 1.60 bits per heavy atom. The number of piperidine rings is 3. The van der Waals surface area contributed by atoms with Crippen molar-refractivity contribution in [2.45, 2.75) is 76.4 Å². The van der Waals surface area contributed by atoms with E-state index in [0.29, 0.717) is 62.4 Å². The summed E-state index contributed by atoms with van der Waals surface area (Å²) in [4.78, 5) is 62.9. The number of hydrogen-bond donors (Lipinski definition) is 3. The van der Waals surface area contributed by atoms with Crippen LogP contribution >= 0.6 is 0 Å². The van der Waals surface area contributed by atoms with Gasteiger partial charge in [0, 0.05) is 44.7 Å². The first kappa shape index (κ1) is 31.1. The normalized spacial score (nSPS) is 19.3. The Morgan fingerprint density at radius 3 is 2.36 bits per heavy atom. The van der Waals surface area contributed by atoms with Gasteiger partial charge in [-0.15, -0.1) is 0 Å². The Morgan fingerprint density at radius 1 is 0.894 bits per heavy atom. The fourth-order valence-corrected chi connectivity index (χ4v) is 7.78. The van der Waals surface area contributed by atoms with Crippen molar-refractivity contribution in [2.75, 3.05) is 39.3 Å². The number of nitrogens with one attached hydrogen (secondary N) is 3. The Bertz CT molecular complexity index is 1880. The number of para-hydroxylation sites is 1. The molecule has 47 heavy (non-hydrogen) atoms. The predicted molar refractivity (Wildman–Crippen MR) is 178 cm³/mol. The lowest BCUT2D eigenvalue weighted by Crippen LogP contribution is -2.56. The zero-order valence-electron chi connectivity index (χ0n) is 26.9. The van der Waals surface area contributed by atoms with Gasteiger partial charge in [-0.05, 0) is 87.9 Å². The highest BCUT2D eigenvalue weighted by molar-refractivity contribution is 5.88. The van der Waals surface area contributed by atoms with Crippen molar-refractivity contribution in [1.29, 1.82) is 0 Å². The summed E-state index contributed by atoms with van der Waals surface area (Å²) in [6.45, 7) is 6.32. The molecule has 3 amide bonds. The highest BCUT2D eigenvalue weighted by Gasteiger charge is 2.34. The van der Waals surface area contributed by atoms with Gasteiger partial charge in [-0.1, -0.05) is 24.6 Å². The van der Waals surface area contributed by atoms with Gasteiger partial charge in [-0.3, -0.25) is 14.2 Å². The number of aromatic amines is 2. The molecule has 3 fully saturated rings. The van der Waals surface area contributed by atoms with Crippen LogP contribution in [0.4, 0.5) is 4.79 Å². The molecule has 0 saturated carbocycles. The number of carbonyl (C=O) groups is 2. The summed E-state index contributed by atoms with van der Waals surface area (Å²) < 4.78 is 1.29. The molecule has 248 valence electrons. The Balaban J connectivity index is 1.05. The van der Waals surface area contributed by atoms with Crippen molar-refractivity contribution < 1.29 is 9.59 Å². The largest absolute Gasteiger partial charge is 0.341 e. The van der Waals surface area contributed by atoms with Crippen LogP contribution in [0.15, 0.2) is 46.0 Å². The van der Waals surface area contributed by atoms with Crippen molar-refractivity contribution >= 4 is 33.9 Å². The summed E-state index contributed by atoms with van der Waals surface area (Å²) in [6.07, 6.45) is 6.92. The number of aromatic nitrogens is 5. The second kappa shape index (κ2) is 13.3. The number of amides is 3. The number of carbonyl (C=O) groups excluding carboxylic acids is 2. The summed E-state index contributed by atoms with van der Waals surface area (Å²) in [5, 5.41) is 14.7. The first-order valence-electron chi connectivity index (χ1n) is 17.0. The summed E-state index contributed by atoms with van der Waals surface area (Å²) in [5.74, 6) is -0.0718. The Hall–Kier alpha value is -4.52. The first-order chi connectivity index (χ1) is 22.9. The van der Waals surface area contributed by atoms with Crippen LogP contribution in [-0.4, -0.2) is 103 Å². The minimum atomic E-state index is -0.749. The van der Waals surface area contributed by atoms with E-state index in [4.69, 9.17) is 0 Å². The number of aryl methyl sites for hydroxylation is 1. The summed E-state index contributed by atoms with van der Waals surface area (Å²) in [5.41, 5.74) is 3.12. The SMILES string of the molecule is Cc1cc(CC(NC(=O)N2CCC(n3c(=O)[nH]c4ccccc4c3=O)CC2)C(=O)N2CCC(N3CCCCC3)CC2)cc2n[nH]nc12. The predicted octanol–water partition coefficient (Wildman–Crippen LogP) is 2.70. The number of benzene rings is 2. The number of nitrogens with zero attached hydrogens (tertiary/aromatic N) is 6. The lowest BCUT2D eigenvalue weighted by atomic mass is 9.97. The van der Waals surface area contributed by atoms with E-state index >= 15 is 0 Å². The van der Waals surface area contributed by atoms with Gasteiger partial charge in [0.15, 0.2) is 0 Å². The minimum Gasteiger partial charge on any atom is -0.341 e. The second-order valence-corrected chi connectivity index (χ2v) is 13.3. The zero-order valence-corrected chi connectivity index (χ0v) is 26.9. The van der Waals surface area contributed by atoms with Crippen molar-refractivity contribution in [3.8, 4) is 0 Å². The van der Waals surface area contributed by atoms with Crippen molar-refractivity contribution in [3.63, 3.8) is 0 Å². The summed E-state index contributed by atoms with van der Waals surface area (Å²) in [7, 11) is 0. The summed E-state index contributed by atoms with van der Waals surface area (Å²) in [6, 6.07) is 10.0. The standard InChI is InChI=1S/C34H43N9O4/c1-22-19-23(20-28-30(22)38-39-37-28)21-29(32(45)41-15-9-24(10-16-41)40-13-5-2-6-14-40)36-33(46)42-17-11-25(12-18-42)43-31(44)26-7-3-4-8-27(26)35-34(43)47/h3-4,7-8,19-20,24-25,29H,2,5-6,9-18,21H2,1H3,(H,35,47)(H,36,46)(H,37,38,39). The molecule has 4 aromatic rings. The second-order valence-electron chi connectivity index (χ2n) is 13.3. The third-order valence-corrected chi connectivity index (χ3v) is 10.3. The summed E-state index contributed by atoms with van der Waals surface area (Å²) >= 11 is 0. The van der Waals surface area contributed by atoms with E-state index in [1.165, 1.54) is 23.8 Å². The van der Waals surface area contributed by atoms with Gasteiger partial charge in [0.2, 0.25) is 5.91 Å². The number of urea groups is 1. The molecule has 0 spiro atoms. The highest BCUT2D eigenvalue weighted by Crippen LogP contribution is 2.24. The maximum atomic E-state index is 14.1. The smallest absolute Gasteiger partial charge is 0.329 e. The van der Waals surface area contributed by atoms with Crippen LogP contribution in [0, 0.1) is 6.92 Å². The van der Waals surface area contributed by atoms with Crippen LogP contribution in [0.2, 0.25) is 0 Å². The van der Waals surface area contributed by atoms with Gasteiger partial charge in [0.1, 0.15) is 17.1 Å². The lowest BCUT2D eigenvalue weighted by molar-refractivity contribution is -0.134. The van der Waals surface area contributed by atoms with E-state index in [2.05, 4.69) is 30.6 Å². The molecule has 3 N–H and O–H groups in total. The van der Waals surface area contributed by atoms with Gasteiger partial charge in [-0.25, -0.2) is 9.59 Å². The quantitative estimate of drug-likeness (QED) is 0.293. The molecule has 2 aromatic heterocycles. The number of hydrogen-bond acceptors (Lipinski definition) is 7. The van der Waals surface area contributed by atoms with Crippen molar-refractivity contribution in [3.05, 3.63) is 68.4 Å². The van der Waals surface area contributed by atoms with Gasteiger partial charge in [0.25, 0.3) is 5.56 Å². The van der Waals surface area contributed by atoms with E-state index in [-0.39, 0.29) is 23.5 Å². The van der Waals surface area contributed by atoms with Crippen LogP contribution in [0.5, 0.6) is 0 Å². The third-order valence-electron chi connectivity index (χ3n) is 10.3. The van der Waals surface area contributed by atoms with Crippen LogP contribution < -0.4 is 16.6 Å². The maximum absolute atomic E-state index is 14.1. The molecule has 2 aromatic carbocycles. The Labute approximate surface area is 272 Å². The van der Waals surface area contributed by atoms with Crippen molar-refractivity contribution in [2.24, 2.45) is 0 Å². The number of fused-ring (bicyclic) bond motifs is 2. The maximum Gasteiger partial charge on any atom is 0.329 e. The molecule has 3 aliphatic heterocycles. The molecule has 13 heteroatoms. The van der Waals surface area contributed by atoms with E-state index in [0.717, 1.165) is 48.1 Å². The molecule has 0 bridgehead atoms. The van der Waals surface area contributed by atoms with Gasteiger partial charge in [-0.2, -0.15) is 15.4 Å². The number of likely N-dealkylation sites (tertiary alicyclic amines) is 3. The van der Waals surface area contributed by atoms with Crippen LogP contribution in [0.25, 0.3) is 21.9 Å². The number of rotatable bonds is 6. The van der Waals surface area contributed by atoms with Gasteiger partial charge >= 0.3 is 11.7 Å². The van der Waals surface area contributed by atoms with E-state index in [9.17, 15) is 19.2 Å². The van der Waals surface area contributed by atoms with Gasteiger partial charge < -0.3 is 25.0 Å². The van der Waals surface area contributed by atoms with E-state index in [1.807, 2.05) is 24.0 Å². The van der Waals surface area contributed by atoms with Crippen LogP contribution in [0.1, 0.15) is 62.1 Å². The molecule has 1 atom stereocenters. The molecular weight excluding hydrogens is 598 g/mol. The monoisotopic (exact) mass is 641 g/mol. The molecule has 0 aliphatic carbocycles. The fourth-order valence-electron chi connectivity index (χ4n) is 7.78. The average molecular weight is 642 g/mol. The molecule has 3 aliphatic rings. The molecule has 0 radical (unpaired) electrons. The zero-order chi connectivity index (χ0) is 32.5. The van der Waals surface area contributed by atoms with Gasteiger partial charge in [0.05, 0.1) is 10.9 Å². The molecule has 1 unspecified atom stereocenters.